The maximum atomic E-state index is 13.6. The average Bonchev–Trinajstić information content (AvgIpc) is 2.85. The van der Waals surface area contributed by atoms with E-state index >= 15 is 0 Å². The van der Waals surface area contributed by atoms with E-state index in [-0.39, 0.29) is 11.4 Å². The van der Waals surface area contributed by atoms with E-state index in [9.17, 15) is 13.2 Å². The van der Waals surface area contributed by atoms with Crippen molar-refractivity contribution < 1.29 is 17.9 Å². The highest BCUT2D eigenvalue weighted by atomic mass is 32.2. The van der Waals surface area contributed by atoms with Crippen molar-refractivity contribution >= 4 is 33.0 Å². The van der Waals surface area contributed by atoms with Gasteiger partial charge in [-0.25, -0.2) is 8.42 Å². The molecule has 3 aromatic rings. The first-order valence-electron chi connectivity index (χ1n) is 11.6. The summed E-state index contributed by atoms with van der Waals surface area (Å²) >= 11 is 0. The molecule has 3 aromatic carbocycles. The molecule has 0 unspecified atom stereocenters. The molecule has 0 radical (unpaired) electrons. The van der Waals surface area contributed by atoms with Crippen LogP contribution < -0.4 is 14.5 Å². The molecule has 0 bridgehead atoms. The van der Waals surface area contributed by atoms with Gasteiger partial charge in [-0.2, -0.15) is 0 Å². The summed E-state index contributed by atoms with van der Waals surface area (Å²) in [5.41, 5.74) is 4.80. The number of carbonyl (C=O) groups excluding carboxylic acids is 1. The summed E-state index contributed by atoms with van der Waals surface area (Å²) in [6, 6.07) is 19.8. The average molecular weight is 494 g/mol. The van der Waals surface area contributed by atoms with Crippen molar-refractivity contribution in [3.05, 3.63) is 83.4 Å². The lowest BCUT2D eigenvalue weighted by atomic mass is 10.1. The molecular weight excluding hydrogens is 462 g/mol. The lowest BCUT2D eigenvalue weighted by Crippen LogP contribution is -2.38. The van der Waals surface area contributed by atoms with Crippen molar-refractivity contribution in [1.82, 2.24) is 0 Å². The van der Waals surface area contributed by atoms with Gasteiger partial charge in [0, 0.05) is 24.5 Å². The molecule has 0 saturated carbocycles. The Hall–Kier alpha value is -3.36. The fourth-order valence-corrected chi connectivity index (χ4v) is 5.51. The number of hydrogen-bond acceptors (Lipinski definition) is 5. The molecule has 0 spiro atoms. The van der Waals surface area contributed by atoms with Crippen molar-refractivity contribution in [2.45, 2.75) is 25.7 Å². The number of sulfonamides is 1. The number of morpholine rings is 1. The first kappa shape index (κ1) is 24.8. The Morgan fingerprint density at radius 2 is 1.54 bits per heavy atom. The predicted molar refractivity (Wildman–Crippen MR) is 140 cm³/mol. The van der Waals surface area contributed by atoms with Gasteiger partial charge in [0.05, 0.1) is 23.8 Å². The van der Waals surface area contributed by atoms with Crippen LogP contribution in [0.2, 0.25) is 0 Å². The number of benzene rings is 3. The number of carbonyl (C=O) groups is 1. The molecule has 8 heteroatoms. The van der Waals surface area contributed by atoms with E-state index in [1.807, 2.05) is 57.2 Å². The summed E-state index contributed by atoms with van der Waals surface area (Å²) in [6.07, 6.45) is 0. The Labute approximate surface area is 207 Å². The molecule has 35 heavy (non-hydrogen) atoms. The number of anilines is 3. The molecule has 0 aliphatic carbocycles. The van der Waals surface area contributed by atoms with Gasteiger partial charge in [-0.3, -0.25) is 9.10 Å². The maximum Gasteiger partial charge on any atom is 0.264 e. The van der Waals surface area contributed by atoms with Crippen LogP contribution in [0.1, 0.15) is 16.7 Å². The van der Waals surface area contributed by atoms with E-state index in [2.05, 4.69) is 10.2 Å². The van der Waals surface area contributed by atoms with Gasteiger partial charge in [-0.05, 0) is 74.4 Å². The lowest BCUT2D eigenvalue weighted by Gasteiger charge is -2.29. The number of nitrogens with one attached hydrogen (secondary N) is 1. The van der Waals surface area contributed by atoms with Crippen LogP contribution in [0.25, 0.3) is 0 Å². The molecule has 1 saturated heterocycles. The van der Waals surface area contributed by atoms with E-state index in [0.717, 1.165) is 35.5 Å². The van der Waals surface area contributed by atoms with Crippen LogP contribution in [0.3, 0.4) is 0 Å². The Bertz CT molecular complexity index is 1280. The fraction of sp³-hybridized carbons (Fsp3) is 0.296. The molecule has 1 amide bonds. The van der Waals surface area contributed by atoms with Crippen LogP contribution in [0.4, 0.5) is 17.1 Å². The summed E-state index contributed by atoms with van der Waals surface area (Å²) < 4.78 is 33.9. The Morgan fingerprint density at radius 1 is 0.914 bits per heavy atom. The molecule has 0 aromatic heterocycles. The second kappa shape index (κ2) is 10.5. The molecule has 1 aliphatic rings. The highest BCUT2D eigenvalue weighted by molar-refractivity contribution is 7.92. The number of rotatable bonds is 7. The second-order valence-electron chi connectivity index (χ2n) is 8.81. The summed E-state index contributed by atoms with van der Waals surface area (Å²) in [7, 11) is -3.96. The first-order valence-corrected chi connectivity index (χ1v) is 13.1. The van der Waals surface area contributed by atoms with E-state index in [1.54, 1.807) is 30.3 Å². The number of nitrogens with zero attached hydrogens (tertiary/aromatic N) is 2. The zero-order valence-corrected chi connectivity index (χ0v) is 21.1. The van der Waals surface area contributed by atoms with Crippen LogP contribution in [0.15, 0.2) is 71.6 Å². The fourth-order valence-electron chi connectivity index (χ4n) is 4.03. The van der Waals surface area contributed by atoms with Crippen LogP contribution in [-0.4, -0.2) is 47.2 Å². The highest BCUT2D eigenvalue weighted by Crippen LogP contribution is 2.28. The van der Waals surface area contributed by atoms with Gasteiger partial charge in [0.25, 0.3) is 10.0 Å². The Balaban J connectivity index is 1.57. The third kappa shape index (κ3) is 5.83. The SMILES string of the molecule is Cc1ccc(S(=O)(=O)N(CC(=O)Nc2ccc(N3CCOCC3)cc2)c2cc(C)ccc2C)cc1. The Kier molecular flexibility index (Phi) is 7.42. The lowest BCUT2D eigenvalue weighted by molar-refractivity contribution is -0.114. The molecular formula is C27H31N3O4S. The zero-order valence-electron chi connectivity index (χ0n) is 20.3. The van der Waals surface area contributed by atoms with Crippen molar-refractivity contribution in [1.29, 1.82) is 0 Å². The van der Waals surface area contributed by atoms with Gasteiger partial charge in [0.1, 0.15) is 6.54 Å². The minimum Gasteiger partial charge on any atom is -0.378 e. The highest BCUT2D eigenvalue weighted by Gasteiger charge is 2.28. The van der Waals surface area contributed by atoms with E-state index in [1.165, 1.54) is 4.31 Å². The minimum absolute atomic E-state index is 0.145. The standard InChI is InChI=1S/C27H31N3O4S/c1-20-5-12-25(13-6-20)35(32,33)30(26-18-21(2)4-7-22(26)3)19-27(31)28-23-8-10-24(11-9-23)29-14-16-34-17-15-29/h4-13,18H,14-17,19H2,1-3H3,(H,28,31). The maximum absolute atomic E-state index is 13.6. The van der Waals surface area contributed by atoms with Crippen molar-refractivity contribution in [2.24, 2.45) is 0 Å². The molecule has 1 heterocycles. The molecule has 4 rings (SSSR count). The molecule has 7 nitrogen and oxygen atoms in total. The van der Waals surface area contributed by atoms with E-state index < -0.39 is 15.9 Å². The Morgan fingerprint density at radius 3 is 2.20 bits per heavy atom. The number of amides is 1. The monoisotopic (exact) mass is 493 g/mol. The van der Waals surface area contributed by atoms with Gasteiger partial charge in [0.15, 0.2) is 0 Å². The summed E-state index contributed by atoms with van der Waals surface area (Å²) in [4.78, 5) is 15.4. The summed E-state index contributed by atoms with van der Waals surface area (Å²) in [6.45, 7) is 8.35. The van der Waals surface area contributed by atoms with E-state index in [4.69, 9.17) is 4.74 Å². The van der Waals surface area contributed by atoms with Crippen molar-refractivity contribution in [3.63, 3.8) is 0 Å². The third-order valence-electron chi connectivity index (χ3n) is 6.06. The van der Waals surface area contributed by atoms with Crippen molar-refractivity contribution in [3.8, 4) is 0 Å². The largest absolute Gasteiger partial charge is 0.378 e. The van der Waals surface area contributed by atoms with Crippen LogP contribution >= 0.6 is 0 Å². The van der Waals surface area contributed by atoms with Crippen molar-refractivity contribution in [2.75, 3.05) is 47.4 Å². The van der Waals surface area contributed by atoms with Gasteiger partial charge in [0.2, 0.25) is 5.91 Å². The molecule has 0 atom stereocenters. The molecule has 1 fully saturated rings. The van der Waals surface area contributed by atoms with Gasteiger partial charge < -0.3 is 15.0 Å². The number of ether oxygens (including phenoxy) is 1. The molecule has 1 aliphatic heterocycles. The minimum atomic E-state index is -3.96. The quantitative estimate of drug-likeness (QED) is 0.532. The second-order valence-corrected chi connectivity index (χ2v) is 10.7. The topological polar surface area (TPSA) is 79.0 Å². The van der Waals surface area contributed by atoms with Crippen LogP contribution in [0, 0.1) is 20.8 Å². The normalized spacial score (nSPS) is 14.0. The molecule has 184 valence electrons. The molecule has 1 N–H and O–H groups in total. The summed E-state index contributed by atoms with van der Waals surface area (Å²) in [5, 5.41) is 2.85. The van der Waals surface area contributed by atoms with E-state index in [0.29, 0.717) is 24.6 Å². The zero-order chi connectivity index (χ0) is 25.0. The third-order valence-corrected chi connectivity index (χ3v) is 7.83. The van der Waals surface area contributed by atoms with Gasteiger partial charge in [-0.1, -0.05) is 29.8 Å². The number of aryl methyl sites for hydroxylation is 3. The van der Waals surface area contributed by atoms with Gasteiger partial charge >= 0.3 is 0 Å². The smallest absolute Gasteiger partial charge is 0.264 e. The van der Waals surface area contributed by atoms with Gasteiger partial charge in [-0.15, -0.1) is 0 Å². The van der Waals surface area contributed by atoms with Crippen LogP contribution in [-0.2, 0) is 19.6 Å². The first-order chi connectivity index (χ1) is 16.7. The number of hydrogen-bond donors (Lipinski definition) is 1. The summed E-state index contributed by atoms with van der Waals surface area (Å²) in [5.74, 6) is -0.416. The predicted octanol–water partition coefficient (Wildman–Crippen LogP) is 4.28. The van der Waals surface area contributed by atoms with Crippen LogP contribution in [0.5, 0.6) is 0 Å².